The molecule has 2 atom stereocenters. The van der Waals surface area contributed by atoms with Crippen molar-refractivity contribution in [3.05, 3.63) is 59.7 Å². The lowest BCUT2D eigenvalue weighted by atomic mass is 10.0. The van der Waals surface area contributed by atoms with Crippen molar-refractivity contribution in [2.45, 2.75) is 17.0 Å². The van der Waals surface area contributed by atoms with Crippen LogP contribution in [0.5, 0.6) is 5.75 Å². The van der Waals surface area contributed by atoms with Crippen molar-refractivity contribution >= 4 is 11.8 Å². The minimum Gasteiger partial charge on any atom is -0.486 e. The molecule has 110 valence electrons. The van der Waals surface area contributed by atoms with Gasteiger partial charge in [0.15, 0.2) is 0 Å². The van der Waals surface area contributed by atoms with Gasteiger partial charge in [-0.15, -0.1) is 11.8 Å². The van der Waals surface area contributed by atoms with Crippen molar-refractivity contribution in [1.82, 2.24) is 5.32 Å². The quantitative estimate of drug-likeness (QED) is 0.932. The van der Waals surface area contributed by atoms with E-state index >= 15 is 0 Å². The van der Waals surface area contributed by atoms with Gasteiger partial charge in [0.05, 0.1) is 6.04 Å². The van der Waals surface area contributed by atoms with Crippen molar-refractivity contribution in [3.8, 4) is 5.75 Å². The lowest BCUT2D eigenvalue weighted by Gasteiger charge is -2.32. The van der Waals surface area contributed by atoms with E-state index in [-0.39, 0.29) is 11.7 Å². The molecule has 2 nitrogen and oxygen atoms in total. The van der Waals surface area contributed by atoms with Crippen LogP contribution in [-0.4, -0.2) is 18.9 Å². The lowest BCUT2D eigenvalue weighted by molar-refractivity contribution is 0.166. The third-order valence-corrected chi connectivity index (χ3v) is 4.67. The summed E-state index contributed by atoms with van der Waals surface area (Å²) in [5.74, 6) is 0.287. The SMILES string of the molecule is CNC(c1c(F)cccc1F)C1CSc2ccccc2O1. The molecule has 0 bridgehead atoms. The van der Waals surface area contributed by atoms with E-state index in [0.29, 0.717) is 5.75 Å². The number of para-hydroxylation sites is 1. The summed E-state index contributed by atoms with van der Waals surface area (Å²) in [6.45, 7) is 0. The van der Waals surface area contributed by atoms with Crippen LogP contribution < -0.4 is 10.1 Å². The van der Waals surface area contributed by atoms with Crippen LogP contribution in [-0.2, 0) is 0 Å². The molecule has 1 aliphatic rings. The monoisotopic (exact) mass is 307 g/mol. The topological polar surface area (TPSA) is 21.3 Å². The van der Waals surface area contributed by atoms with Gasteiger partial charge >= 0.3 is 0 Å². The third kappa shape index (κ3) is 2.76. The number of ether oxygens (including phenoxy) is 1. The molecule has 0 spiro atoms. The Labute approximate surface area is 126 Å². The number of halogens is 2. The lowest BCUT2D eigenvalue weighted by Crippen LogP contribution is -2.38. The van der Waals surface area contributed by atoms with Crippen LogP contribution in [0.3, 0.4) is 0 Å². The number of fused-ring (bicyclic) bond motifs is 1. The van der Waals surface area contributed by atoms with Crippen LogP contribution in [0, 0.1) is 11.6 Å². The van der Waals surface area contributed by atoms with Gasteiger partial charge in [0.2, 0.25) is 0 Å². The zero-order valence-electron chi connectivity index (χ0n) is 11.5. The summed E-state index contributed by atoms with van der Waals surface area (Å²) in [7, 11) is 1.69. The maximum absolute atomic E-state index is 14.0. The highest BCUT2D eigenvalue weighted by Crippen LogP contribution is 2.38. The van der Waals surface area contributed by atoms with E-state index in [0.717, 1.165) is 10.6 Å². The van der Waals surface area contributed by atoms with Gasteiger partial charge in [-0.25, -0.2) is 8.78 Å². The number of benzene rings is 2. The van der Waals surface area contributed by atoms with E-state index in [1.807, 2.05) is 24.3 Å². The van der Waals surface area contributed by atoms with Crippen molar-refractivity contribution in [2.24, 2.45) is 0 Å². The Bertz CT molecular complexity index is 630. The molecule has 0 aliphatic carbocycles. The molecule has 2 aromatic carbocycles. The molecule has 0 saturated carbocycles. The van der Waals surface area contributed by atoms with E-state index in [1.165, 1.54) is 18.2 Å². The van der Waals surface area contributed by atoms with Crippen LogP contribution in [0.4, 0.5) is 8.78 Å². The summed E-state index contributed by atoms with van der Waals surface area (Å²) in [4.78, 5) is 1.05. The number of nitrogens with one attached hydrogen (secondary N) is 1. The Morgan fingerprint density at radius 2 is 1.86 bits per heavy atom. The van der Waals surface area contributed by atoms with Gasteiger partial charge in [-0.05, 0) is 31.3 Å². The Kier molecular flexibility index (Phi) is 4.12. The predicted molar refractivity (Wildman–Crippen MR) is 79.7 cm³/mol. The van der Waals surface area contributed by atoms with E-state index in [4.69, 9.17) is 4.74 Å². The molecule has 5 heteroatoms. The predicted octanol–water partition coefficient (Wildman–Crippen LogP) is 3.78. The summed E-state index contributed by atoms with van der Waals surface area (Å²) < 4.78 is 33.9. The molecule has 0 fully saturated rings. The number of thioether (sulfide) groups is 1. The van der Waals surface area contributed by atoms with Gasteiger partial charge in [0.25, 0.3) is 0 Å². The van der Waals surface area contributed by atoms with Crippen molar-refractivity contribution in [1.29, 1.82) is 0 Å². The Morgan fingerprint density at radius 3 is 2.57 bits per heavy atom. The van der Waals surface area contributed by atoms with Gasteiger partial charge in [0.1, 0.15) is 23.5 Å². The van der Waals surface area contributed by atoms with Gasteiger partial charge in [0, 0.05) is 16.2 Å². The van der Waals surface area contributed by atoms with Crippen LogP contribution in [0.1, 0.15) is 11.6 Å². The molecular formula is C16H15F2NOS. The molecule has 21 heavy (non-hydrogen) atoms. The van der Waals surface area contributed by atoms with Gasteiger partial charge < -0.3 is 10.1 Å². The molecule has 1 aliphatic heterocycles. The van der Waals surface area contributed by atoms with Crippen LogP contribution in [0.2, 0.25) is 0 Å². The van der Waals surface area contributed by atoms with Crippen molar-refractivity contribution in [2.75, 3.05) is 12.8 Å². The summed E-state index contributed by atoms with van der Waals surface area (Å²) in [6, 6.07) is 11.1. The maximum Gasteiger partial charge on any atom is 0.133 e. The van der Waals surface area contributed by atoms with Crippen LogP contribution in [0.25, 0.3) is 0 Å². The molecule has 0 radical (unpaired) electrons. The Balaban J connectivity index is 1.92. The molecule has 1 N–H and O–H groups in total. The highest BCUT2D eigenvalue weighted by Gasteiger charge is 2.31. The first-order valence-electron chi connectivity index (χ1n) is 6.70. The molecule has 0 saturated heterocycles. The Morgan fingerprint density at radius 1 is 1.14 bits per heavy atom. The standard InChI is InChI=1S/C16H15F2NOS/c1-19-16(15-10(17)5-4-6-11(15)18)13-9-21-14-8-3-2-7-12(14)20-13/h2-8,13,16,19H,9H2,1H3. The van der Waals surface area contributed by atoms with E-state index < -0.39 is 17.7 Å². The van der Waals surface area contributed by atoms with Gasteiger partial charge in [-0.1, -0.05) is 18.2 Å². The second-order valence-corrected chi connectivity index (χ2v) is 5.88. The van der Waals surface area contributed by atoms with Crippen molar-refractivity contribution < 1.29 is 13.5 Å². The van der Waals surface area contributed by atoms with Crippen molar-refractivity contribution in [3.63, 3.8) is 0 Å². The second-order valence-electron chi connectivity index (χ2n) is 4.82. The first kappa shape index (κ1) is 14.4. The highest BCUT2D eigenvalue weighted by atomic mass is 32.2. The summed E-state index contributed by atoms with van der Waals surface area (Å²) in [6.07, 6.45) is -0.332. The zero-order valence-corrected chi connectivity index (χ0v) is 12.3. The van der Waals surface area contributed by atoms with Gasteiger partial charge in [-0.3, -0.25) is 0 Å². The minimum atomic E-state index is -0.554. The molecule has 0 aromatic heterocycles. The second kappa shape index (κ2) is 6.03. The first-order valence-corrected chi connectivity index (χ1v) is 7.69. The first-order chi connectivity index (χ1) is 10.2. The fourth-order valence-corrected chi connectivity index (χ4v) is 3.56. The molecule has 2 aromatic rings. The molecular weight excluding hydrogens is 292 g/mol. The fraction of sp³-hybridized carbons (Fsp3) is 0.250. The largest absolute Gasteiger partial charge is 0.486 e. The summed E-state index contributed by atoms with van der Waals surface area (Å²) >= 11 is 1.64. The van der Waals surface area contributed by atoms with E-state index in [9.17, 15) is 8.78 Å². The average molecular weight is 307 g/mol. The van der Waals surface area contributed by atoms with E-state index in [2.05, 4.69) is 5.32 Å². The normalized spacial score (nSPS) is 18.7. The average Bonchev–Trinajstić information content (AvgIpc) is 2.50. The smallest absolute Gasteiger partial charge is 0.133 e. The molecule has 2 unspecified atom stereocenters. The number of rotatable bonds is 3. The highest BCUT2D eigenvalue weighted by molar-refractivity contribution is 7.99. The summed E-state index contributed by atoms with van der Waals surface area (Å²) in [5, 5.41) is 2.98. The Hall–Kier alpha value is -1.59. The number of hydrogen-bond acceptors (Lipinski definition) is 3. The summed E-state index contributed by atoms with van der Waals surface area (Å²) in [5.41, 5.74) is 0.0324. The van der Waals surface area contributed by atoms with Crippen LogP contribution >= 0.6 is 11.8 Å². The van der Waals surface area contributed by atoms with E-state index in [1.54, 1.807) is 18.8 Å². The molecule has 1 heterocycles. The molecule has 3 rings (SSSR count). The molecule has 0 amide bonds. The number of hydrogen-bond donors (Lipinski definition) is 1. The minimum absolute atomic E-state index is 0.0324. The third-order valence-electron chi connectivity index (χ3n) is 3.52. The maximum atomic E-state index is 14.0. The number of likely N-dealkylation sites (N-methyl/N-ethyl adjacent to an activating group) is 1. The van der Waals surface area contributed by atoms with Gasteiger partial charge in [-0.2, -0.15) is 0 Å². The fourth-order valence-electron chi connectivity index (χ4n) is 2.52. The zero-order chi connectivity index (χ0) is 14.8. The van der Waals surface area contributed by atoms with Crippen LogP contribution in [0.15, 0.2) is 47.4 Å².